The van der Waals surface area contributed by atoms with Gasteiger partial charge in [0.25, 0.3) is 0 Å². The number of halogens is 3. The molecule has 16 heavy (non-hydrogen) atoms. The molecule has 0 aromatic heterocycles. The highest BCUT2D eigenvalue weighted by molar-refractivity contribution is 9.14. The molecule has 0 unspecified atom stereocenters. The molecule has 0 aliphatic heterocycles. The lowest BCUT2D eigenvalue weighted by Crippen LogP contribution is -1.69. The predicted octanol–water partition coefficient (Wildman–Crippen LogP) is 5.37. The standard InChI is InChI=1S/C6H3Br3.C6H6O/c7-4-2-1-3-5(8)6(4)9;7-6-4-2-1-3-5-6/h1-3H;1-5,7H. The van der Waals surface area contributed by atoms with Gasteiger partial charge < -0.3 is 5.11 Å². The van der Waals surface area contributed by atoms with Crippen LogP contribution in [-0.4, -0.2) is 5.11 Å². The van der Waals surface area contributed by atoms with Gasteiger partial charge in [-0.05, 0) is 72.1 Å². The van der Waals surface area contributed by atoms with Crippen molar-refractivity contribution in [2.75, 3.05) is 0 Å². The van der Waals surface area contributed by atoms with Gasteiger partial charge in [-0.3, -0.25) is 0 Å². The van der Waals surface area contributed by atoms with E-state index in [0.29, 0.717) is 5.75 Å². The number of para-hydroxylation sites is 1. The van der Waals surface area contributed by atoms with Crippen molar-refractivity contribution in [3.8, 4) is 5.75 Å². The van der Waals surface area contributed by atoms with Gasteiger partial charge in [0.1, 0.15) is 5.75 Å². The smallest absolute Gasteiger partial charge is 0.115 e. The second-order valence-electron chi connectivity index (χ2n) is 2.87. The quantitative estimate of drug-likeness (QED) is 0.581. The van der Waals surface area contributed by atoms with Gasteiger partial charge >= 0.3 is 0 Å². The van der Waals surface area contributed by atoms with E-state index in [9.17, 15) is 0 Å². The van der Waals surface area contributed by atoms with Gasteiger partial charge in [0.2, 0.25) is 0 Å². The highest BCUT2D eigenvalue weighted by Gasteiger charge is 1.97. The summed E-state index contributed by atoms with van der Waals surface area (Å²) in [4.78, 5) is 0. The van der Waals surface area contributed by atoms with E-state index in [4.69, 9.17) is 5.11 Å². The summed E-state index contributed by atoms with van der Waals surface area (Å²) in [6, 6.07) is 14.6. The Morgan fingerprint density at radius 2 is 1.19 bits per heavy atom. The Bertz CT molecular complexity index is 423. The van der Waals surface area contributed by atoms with E-state index < -0.39 is 0 Å². The van der Waals surface area contributed by atoms with Crippen molar-refractivity contribution in [3.63, 3.8) is 0 Å². The van der Waals surface area contributed by atoms with Crippen LogP contribution < -0.4 is 0 Å². The molecular formula is C12H9Br3O. The van der Waals surface area contributed by atoms with Crippen molar-refractivity contribution < 1.29 is 5.11 Å². The molecule has 4 heteroatoms. The van der Waals surface area contributed by atoms with Crippen LogP contribution in [0, 0.1) is 0 Å². The number of hydrogen-bond donors (Lipinski definition) is 1. The number of rotatable bonds is 0. The third-order valence-electron chi connectivity index (χ3n) is 1.66. The fraction of sp³-hybridized carbons (Fsp3) is 0. The zero-order valence-corrected chi connectivity index (χ0v) is 13.0. The molecule has 0 aliphatic carbocycles. The Labute approximate surface area is 120 Å². The van der Waals surface area contributed by atoms with E-state index in [0.717, 1.165) is 13.4 Å². The first-order valence-corrected chi connectivity index (χ1v) is 6.82. The second kappa shape index (κ2) is 7.09. The average molecular weight is 409 g/mol. The third kappa shape index (κ3) is 4.68. The van der Waals surface area contributed by atoms with Gasteiger partial charge in [0.15, 0.2) is 0 Å². The van der Waals surface area contributed by atoms with E-state index in [1.54, 1.807) is 24.3 Å². The van der Waals surface area contributed by atoms with Crippen LogP contribution in [0.2, 0.25) is 0 Å². The van der Waals surface area contributed by atoms with Gasteiger partial charge in [-0.25, -0.2) is 0 Å². The summed E-state index contributed by atoms with van der Waals surface area (Å²) in [5, 5.41) is 8.63. The van der Waals surface area contributed by atoms with E-state index in [1.165, 1.54) is 0 Å². The van der Waals surface area contributed by atoms with Gasteiger partial charge in [-0.1, -0.05) is 24.3 Å². The topological polar surface area (TPSA) is 20.2 Å². The fourth-order valence-electron chi connectivity index (χ4n) is 0.905. The summed E-state index contributed by atoms with van der Waals surface area (Å²) in [5.74, 6) is 0.322. The lowest BCUT2D eigenvalue weighted by Gasteiger charge is -1.95. The summed E-state index contributed by atoms with van der Waals surface area (Å²) >= 11 is 10.1. The number of benzene rings is 2. The molecule has 0 spiro atoms. The molecule has 0 fully saturated rings. The van der Waals surface area contributed by atoms with E-state index in [-0.39, 0.29) is 0 Å². The highest BCUT2D eigenvalue weighted by atomic mass is 79.9. The minimum atomic E-state index is 0.322. The number of phenols is 1. The molecule has 0 amide bonds. The lowest BCUT2D eigenvalue weighted by atomic mass is 10.3. The number of hydrogen-bond acceptors (Lipinski definition) is 1. The second-order valence-corrected chi connectivity index (χ2v) is 5.37. The van der Waals surface area contributed by atoms with Gasteiger partial charge in [-0.15, -0.1) is 0 Å². The van der Waals surface area contributed by atoms with Crippen LogP contribution in [0.4, 0.5) is 0 Å². The normalized spacial score (nSPS) is 9.19. The molecule has 0 heterocycles. The maximum absolute atomic E-state index is 8.63. The van der Waals surface area contributed by atoms with E-state index in [2.05, 4.69) is 47.8 Å². The summed E-state index contributed by atoms with van der Waals surface area (Å²) in [5.41, 5.74) is 0. The van der Waals surface area contributed by atoms with Gasteiger partial charge in [0, 0.05) is 13.4 Å². The van der Waals surface area contributed by atoms with Crippen LogP contribution in [0.3, 0.4) is 0 Å². The largest absolute Gasteiger partial charge is 0.508 e. The summed E-state index contributed by atoms with van der Waals surface area (Å²) in [6.07, 6.45) is 0. The number of phenolic OH excluding ortho intramolecular Hbond substituents is 1. The Kier molecular flexibility index (Phi) is 6.09. The summed E-state index contributed by atoms with van der Waals surface area (Å²) < 4.78 is 3.19. The van der Waals surface area contributed by atoms with Crippen molar-refractivity contribution in [2.24, 2.45) is 0 Å². The summed E-state index contributed by atoms with van der Waals surface area (Å²) in [6.45, 7) is 0. The molecule has 1 nitrogen and oxygen atoms in total. The monoisotopic (exact) mass is 406 g/mol. The lowest BCUT2D eigenvalue weighted by molar-refractivity contribution is 0.475. The van der Waals surface area contributed by atoms with Crippen molar-refractivity contribution in [1.29, 1.82) is 0 Å². The molecule has 0 aliphatic rings. The molecule has 0 radical (unpaired) electrons. The molecule has 0 atom stereocenters. The van der Waals surface area contributed by atoms with Gasteiger partial charge in [0.05, 0.1) is 0 Å². The minimum Gasteiger partial charge on any atom is -0.508 e. The maximum atomic E-state index is 8.63. The minimum absolute atomic E-state index is 0.322. The van der Waals surface area contributed by atoms with Crippen molar-refractivity contribution >= 4 is 47.8 Å². The van der Waals surface area contributed by atoms with Gasteiger partial charge in [-0.2, -0.15) is 0 Å². The van der Waals surface area contributed by atoms with Crippen LogP contribution in [-0.2, 0) is 0 Å². The average Bonchev–Trinajstić information content (AvgIpc) is 2.28. The van der Waals surface area contributed by atoms with Crippen molar-refractivity contribution in [1.82, 2.24) is 0 Å². The molecule has 1 N–H and O–H groups in total. The maximum Gasteiger partial charge on any atom is 0.115 e. The van der Waals surface area contributed by atoms with Crippen LogP contribution >= 0.6 is 47.8 Å². The molecule has 0 bridgehead atoms. The van der Waals surface area contributed by atoms with Crippen LogP contribution in [0.15, 0.2) is 61.9 Å². The molecule has 2 aromatic rings. The first-order valence-electron chi connectivity index (χ1n) is 4.45. The van der Waals surface area contributed by atoms with E-state index in [1.807, 2.05) is 24.3 Å². The zero-order chi connectivity index (χ0) is 12.0. The Morgan fingerprint density at radius 1 is 0.688 bits per heavy atom. The van der Waals surface area contributed by atoms with Crippen molar-refractivity contribution in [2.45, 2.75) is 0 Å². The Balaban J connectivity index is 0.000000165. The first kappa shape index (κ1) is 13.7. The number of aromatic hydroxyl groups is 1. The molecule has 2 aromatic carbocycles. The predicted molar refractivity (Wildman–Crippen MR) is 77.6 cm³/mol. The molecule has 84 valence electrons. The Hall–Kier alpha value is -0.320. The Morgan fingerprint density at radius 3 is 1.50 bits per heavy atom. The molecule has 0 saturated carbocycles. The first-order chi connectivity index (χ1) is 7.61. The molecular weight excluding hydrogens is 400 g/mol. The molecule has 2 rings (SSSR count). The van der Waals surface area contributed by atoms with Crippen LogP contribution in [0.5, 0.6) is 5.75 Å². The van der Waals surface area contributed by atoms with E-state index >= 15 is 0 Å². The fourth-order valence-corrected chi connectivity index (χ4v) is 2.17. The van der Waals surface area contributed by atoms with Crippen molar-refractivity contribution in [3.05, 3.63) is 61.9 Å². The summed E-state index contributed by atoms with van der Waals surface area (Å²) in [7, 11) is 0. The SMILES string of the molecule is Brc1cccc(Br)c1Br.Oc1ccccc1. The third-order valence-corrected chi connectivity index (χ3v) is 4.90. The van der Waals surface area contributed by atoms with Crippen LogP contribution in [0.25, 0.3) is 0 Å². The highest BCUT2D eigenvalue weighted by Crippen LogP contribution is 2.29. The molecule has 0 saturated heterocycles. The zero-order valence-electron chi connectivity index (χ0n) is 8.20. The van der Waals surface area contributed by atoms with Crippen LogP contribution in [0.1, 0.15) is 0 Å².